The Kier molecular flexibility index (Phi) is 4.94. The lowest BCUT2D eigenvalue weighted by Gasteiger charge is -2.15. The summed E-state index contributed by atoms with van der Waals surface area (Å²) in [4.78, 5) is 24.3. The fraction of sp³-hybridized carbons (Fsp3) is 0.273. The molecule has 1 aromatic carbocycles. The van der Waals surface area contributed by atoms with Gasteiger partial charge in [-0.2, -0.15) is 0 Å². The minimum Gasteiger partial charge on any atom is -0.399 e. The quantitative estimate of drug-likeness (QED) is 0.545. The van der Waals surface area contributed by atoms with Gasteiger partial charge in [-0.1, -0.05) is 11.6 Å². The molecule has 0 unspecified atom stereocenters. The lowest BCUT2D eigenvalue weighted by molar-refractivity contribution is -0.142. The molecule has 0 aromatic heterocycles. The predicted octanol–water partition coefficient (Wildman–Crippen LogP) is 0.311. The van der Waals surface area contributed by atoms with Gasteiger partial charge in [0.25, 0.3) is 0 Å². The van der Waals surface area contributed by atoms with Gasteiger partial charge in [-0.15, -0.1) is 0 Å². The largest absolute Gasteiger partial charge is 0.399 e. The van der Waals surface area contributed by atoms with E-state index >= 15 is 0 Å². The summed E-state index contributed by atoms with van der Waals surface area (Å²) in [7, 11) is 1.42. The van der Waals surface area contributed by atoms with Gasteiger partial charge >= 0.3 is 11.8 Å². The fourth-order valence-corrected chi connectivity index (χ4v) is 1.47. The molecule has 0 bridgehead atoms. The summed E-state index contributed by atoms with van der Waals surface area (Å²) < 4.78 is 0. The molecule has 0 aliphatic heterocycles. The molecule has 6 nitrogen and oxygen atoms in total. The van der Waals surface area contributed by atoms with Crippen LogP contribution in [0.25, 0.3) is 0 Å². The Labute approximate surface area is 109 Å². The summed E-state index contributed by atoms with van der Waals surface area (Å²) in [6, 6.07) is 4.54. The highest BCUT2D eigenvalue weighted by Crippen LogP contribution is 2.23. The molecule has 98 valence electrons. The summed E-state index contributed by atoms with van der Waals surface area (Å²) in [6.45, 7) is -0.125. The van der Waals surface area contributed by atoms with Crippen molar-refractivity contribution in [1.82, 2.24) is 4.90 Å². The maximum atomic E-state index is 11.6. The lowest BCUT2D eigenvalue weighted by Crippen LogP contribution is -2.38. The molecular formula is C11H14ClN3O3. The number of carbonyl (C=O) groups excluding carboxylic acids is 2. The first-order chi connectivity index (χ1) is 8.45. The highest BCUT2D eigenvalue weighted by atomic mass is 35.5. The van der Waals surface area contributed by atoms with E-state index in [1.54, 1.807) is 6.07 Å². The first-order valence-electron chi connectivity index (χ1n) is 5.18. The third-order valence-electron chi connectivity index (χ3n) is 2.22. The summed E-state index contributed by atoms with van der Waals surface area (Å²) in [5.74, 6) is -1.57. The smallest absolute Gasteiger partial charge is 0.313 e. The van der Waals surface area contributed by atoms with Gasteiger partial charge in [0.1, 0.15) is 0 Å². The van der Waals surface area contributed by atoms with Gasteiger partial charge in [-0.3, -0.25) is 9.59 Å². The molecule has 0 fully saturated rings. The third-order valence-corrected chi connectivity index (χ3v) is 2.53. The second-order valence-corrected chi connectivity index (χ2v) is 4.05. The number of nitrogens with two attached hydrogens (primary N) is 1. The van der Waals surface area contributed by atoms with Crippen molar-refractivity contribution >= 4 is 34.8 Å². The molecule has 0 saturated carbocycles. The van der Waals surface area contributed by atoms with Crippen molar-refractivity contribution in [3.63, 3.8) is 0 Å². The van der Waals surface area contributed by atoms with E-state index in [-0.39, 0.29) is 18.2 Å². The number of halogens is 1. The number of carbonyl (C=O) groups is 2. The molecule has 0 saturated heterocycles. The molecule has 1 rings (SSSR count). The predicted molar refractivity (Wildman–Crippen MR) is 69.2 cm³/mol. The summed E-state index contributed by atoms with van der Waals surface area (Å²) >= 11 is 5.86. The number of likely N-dealkylation sites (N-methyl/N-ethyl adjacent to an activating group) is 1. The standard InChI is InChI=1S/C11H14ClN3O3/c1-15(4-5-16)11(18)10(17)14-9-3-2-7(13)6-8(9)12/h2-3,6,16H,4-5,13H2,1H3,(H,14,17). The Balaban J connectivity index is 2.72. The molecule has 0 heterocycles. The van der Waals surface area contributed by atoms with Crippen LogP contribution in [0, 0.1) is 0 Å². The van der Waals surface area contributed by atoms with Crippen LogP contribution in [0.15, 0.2) is 18.2 Å². The molecule has 2 amide bonds. The average Bonchev–Trinajstić information content (AvgIpc) is 2.32. The molecule has 1 aromatic rings. The molecule has 0 aliphatic carbocycles. The number of hydrogen-bond acceptors (Lipinski definition) is 4. The van der Waals surface area contributed by atoms with Crippen molar-refractivity contribution in [2.24, 2.45) is 0 Å². The number of nitrogens with one attached hydrogen (secondary N) is 1. The summed E-state index contributed by atoms with van der Waals surface area (Å²) in [5, 5.41) is 11.3. The Hall–Kier alpha value is -1.79. The van der Waals surface area contributed by atoms with E-state index in [2.05, 4.69) is 5.32 Å². The van der Waals surface area contributed by atoms with Crippen molar-refractivity contribution in [3.8, 4) is 0 Å². The van der Waals surface area contributed by atoms with Crippen molar-refractivity contribution in [3.05, 3.63) is 23.2 Å². The van der Waals surface area contributed by atoms with Crippen molar-refractivity contribution in [2.45, 2.75) is 0 Å². The topological polar surface area (TPSA) is 95.7 Å². The molecule has 0 spiro atoms. The zero-order valence-electron chi connectivity index (χ0n) is 9.81. The Morgan fingerprint density at radius 1 is 1.50 bits per heavy atom. The number of nitrogens with zero attached hydrogens (tertiary/aromatic N) is 1. The number of aliphatic hydroxyl groups is 1. The Bertz CT molecular complexity index is 465. The number of hydrogen-bond donors (Lipinski definition) is 3. The average molecular weight is 272 g/mol. The third kappa shape index (κ3) is 3.61. The molecule has 18 heavy (non-hydrogen) atoms. The van der Waals surface area contributed by atoms with E-state index in [0.717, 1.165) is 4.90 Å². The van der Waals surface area contributed by atoms with Gasteiger partial charge in [0, 0.05) is 19.3 Å². The molecular weight excluding hydrogens is 258 g/mol. The Morgan fingerprint density at radius 3 is 2.72 bits per heavy atom. The van der Waals surface area contributed by atoms with Crippen LogP contribution in [0.4, 0.5) is 11.4 Å². The fourth-order valence-electron chi connectivity index (χ4n) is 1.23. The van der Waals surface area contributed by atoms with Gasteiger partial charge in [0.15, 0.2) is 0 Å². The number of nitrogen functional groups attached to an aromatic ring is 1. The van der Waals surface area contributed by atoms with Crippen molar-refractivity contribution in [2.75, 3.05) is 31.2 Å². The maximum absolute atomic E-state index is 11.6. The van der Waals surface area contributed by atoms with Gasteiger partial charge in [-0.05, 0) is 18.2 Å². The van der Waals surface area contributed by atoms with Crippen LogP contribution in [-0.4, -0.2) is 42.0 Å². The van der Waals surface area contributed by atoms with Crippen LogP contribution in [0.5, 0.6) is 0 Å². The molecule has 7 heteroatoms. The number of benzene rings is 1. The highest BCUT2D eigenvalue weighted by Gasteiger charge is 2.19. The maximum Gasteiger partial charge on any atom is 0.313 e. The van der Waals surface area contributed by atoms with Crippen molar-refractivity contribution < 1.29 is 14.7 Å². The molecule has 0 radical (unpaired) electrons. The van der Waals surface area contributed by atoms with E-state index in [0.29, 0.717) is 11.4 Å². The first-order valence-corrected chi connectivity index (χ1v) is 5.56. The van der Waals surface area contributed by atoms with Crippen LogP contribution in [-0.2, 0) is 9.59 Å². The number of anilines is 2. The van der Waals surface area contributed by atoms with Crippen LogP contribution >= 0.6 is 11.6 Å². The van der Waals surface area contributed by atoms with E-state index in [1.165, 1.54) is 19.2 Å². The lowest BCUT2D eigenvalue weighted by atomic mass is 10.3. The highest BCUT2D eigenvalue weighted by molar-refractivity contribution is 6.41. The van der Waals surface area contributed by atoms with Crippen LogP contribution in [0.2, 0.25) is 5.02 Å². The molecule has 4 N–H and O–H groups in total. The van der Waals surface area contributed by atoms with Gasteiger partial charge in [-0.25, -0.2) is 0 Å². The first kappa shape index (κ1) is 14.3. The van der Waals surface area contributed by atoms with Crippen LogP contribution in [0.1, 0.15) is 0 Å². The minimum atomic E-state index is -0.822. The van der Waals surface area contributed by atoms with Crippen molar-refractivity contribution in [1.29, 1.82) is 0 Å². The number of aliphatic hydroxyl groups excluding tert-OH is 1. The van der Waals surface area contributed by atoms with E-state index in [9.17, 15) is 9.59 Å². The monoisotopic (exact) mass is 271 g/mol. The second-order valence-electron chi connectivity index (χ2n) is 3.64. The molecule has 0 aliphatic rings. The van der Waals surface area contributed by atoms with Crippen LogP contribution < -0.4 is 11.1 Å². The van der Waals surface area contributed by atoms with Crippen LogP contribution in [0.3, 0.4) is 0 Å². The number of amides is 2. The van der Waals surface area contributed by atoms with Gasteiger partial charge in [0.2, 0.25) is 0 Å². The SMILES string of the molecule is CN(CCO)C(=O)C(=O)Nc1ccc(N)cc1Cl. The van der Waals surface area contributed by atoms with Gasteiger partial charge in [0.05, 0.1) is 17.3 Å². The zero-order chi connectivity index (χ0) is 13.7. The Morgan fingerprint density at radius 2 is 2.17 bits per heavy atom. The van der Waals surface area contributed by atoms with E-state index in [4.69, 9.17) is 22.4 Å². The van der Waals surface area contributed by atoms with E-state index in [1.807, 2.05) is 0 Å². The van der Waals surface area contributed by atoms with E-state index < -0.39 is 11.8 Å². The normalized spacial score (nSPS) is 9.94. The summed E-state index contributed by atoms with van der Waals surface area (Å²) in [6.07, 6.45) is 0. The molecule has 0 atom stereocenters. The number of rotatable bonds is 3. The summed E-state index contributed by atoms with van der Waals surface area (Å²) in [5.41, 5.74) is 6.27. The van der Waals surface area contributed by atoms with Gasteiger partial charge < -0.3 is 21.1 Å². The minimum absolute atomic E-state index is 0.0850. The second kappa shape index (κ2) is 6.23. The zero-order valence-corrected chi connectivity index (χ0v) is 10.6.